The monoisotopic (exact) mass is 249 g/mol. The minimum Gasteiger partial charge on any atom is -0.375 e. The average Bonchev–Trinajstić information content (AvgIpc) is 2.35. The molecule has 0 heterocycles. The van der Waals surface area contributed by atoms with Gasteiger partial charge in [-0.25, -0.2) is 0 Å². The molecule has 0 fully saturated rings. The highest BCUT2D eigenvalue weighted by molar-refractivity contribution is 7.80. The van der Waals surface area contributed by atoms with E-state index in [-0.39, 0.29) is 16.9 Å². The van der Waals surface area contributed by atoms with E-state index < -0.39 is 0 Å². The third kappa shape index (κ3) is 2.94. The number of benzene rings is 1. The Morgan fingerprint density at radius 1 is 1.29 bits per heavy atom. The largest absolute Gasteiger partial charge is 0.375 e. The molecule has 0 saturated carbocycles. The summed E-state index contributed by atoms with van der Waals surface area (Å²) in [7, 11) is 0. The smallest absolute Gasteiger partial charge is 0.241 e. The summed E-state index contributed by atoms with van der Waals surface area (Å²) in [6.07, 6.45) is 2.59. The molecule has 0 aromatic heterocycles. The molecule has 0 aliphatic heterocycles. The van der Waals surface area contributed by atoms with Crippen LogP contribution in [0.4, 0.5) is 0 Å². The van der Waals surface area contributed by atoms with Crippen molar-refractivity contribution >= 4 is 23.2 Å². The van der Waals surface area contributed by atoms with Crippen LogP contribution in [-0.4, -0.2) is 11.0 Å². The molecule has 1 aliphatic rings. The highest BCUT2D eigenvalue weighted by Crippen LogP contribution is 2.25. The number of amides is 1. The lowest BCUT2D eigenvalue weighted by Crippen LogP contribution is -2.47. The Balaban J connectivity index is 1.97. The third-order valence-corrected chi connectivity index (χ3v) is 3.13. The number of carbonyl (C=O) groups excluding carboxylic acids is 1. The number of thiocarbonyl (C=S) groups is 1. The van der Waals surface area contributed by atoms with Crippen LogP contribution in [0.5, 0.6) is 0 Å². The zero-order valence-electron chi connectivity index (χ0n) is 9.40. The molecule has 0 radical (unpaired) electrons. The van der Waals surface area contributed by atoms with E-state index in [2.05, 4.69) is 35.2 Å². The van der Waals surface area contributed by atoms with E-state index in [0.29, 0.717) is 0 Å². The second kappa shape index (κ2) is 5.14. The van der Waals surface area contributed by atoms with Gasteiger partial charge in [0.05, 0.1) is 0 Å². The van der Waals surface area contributed by atoms with Gasteiger partial charge in [-0.1, -0.05) is 24.3 Å². The van der Waals surface area contributed by atoms with Crippen LogP contribution in [0.1, 0.15) is 17.5 Å². The van der Waals surface area contributed by atoms with Crippen molar-refractivity contribution in [3.63, 3.8) is 0 Å². The summed E-state index contributed by atoms with van der Waals surface area (Å²) in [5.41, 5.74) is 12.9. The lowest BCUT2D eigenvalue weighted by atomic mass is 9.83. The van der Waals surface area contributed by atoms with Gasteiger partial charge in [0.15, 0.2) is 5.11 Å². The van der Waals surface area contributed by atoms with Crippen molar-refractivity contribution in [2.75, 3.05) is 0 Å². The maximum atomic E-state index is 11.8. The summed E-state index contributed by atoms with van der Waals surface area (Å²) in [6.45, 7) is 0. The number of hydrogen-bond donors (Lipinski definition) is 3. The molecule has 5 heteroatoms. The first kappa shape index (κ1) is 11.9. The summed E-state index contributed by atoms with van der Waals surface area (Å²) < 4.78 is 0. The fourth-order valence-electron chi connectivity index (χ4n) is 2.15. The van der Waals surface area contributed by atoms with Crippen molar-refractivity contribution in [3.05, 3.63) is 35.4 Å². The molecule has 1 unspecified atom stereocenters. The van der Waals surface area contributed by atoms with E-state index in [9.17, 15) is 4.79 Å². The van der Waals surface area contributed by atoms with Crippen molar-refractivity contribution < 1.29 is 4.79 Å². The highest BCUT2D eigenvalue weighted by Gasteiger charge is 2.24. The lowest BCUT2D eigenvalue weighted by molar-refractivity contribution is -0.125. The van der Waals surface area contributed by atoms with Crippen molar-refractivity contribution in [3.8, 4) is 0 Å². The van der Waals surface area contributed by atoms with Gasteiger partial charge in [0.2, 0.25) is 5.91 Å². The zero-order chi connectivity index (χ0) is 12.3. The van der Waals surface area contributed by atoms with E-state index in [1.165, 1.54) is 11.1 Å². The summed E-state index contributed by atoms with van der Waals surface area (Å²) in [5, 5.41) is 0.0783. The molecule has 1 amide bonds. The molecule has 1 atom stereocenters. The second-order valence-electron chi connectivity index (χ2n) is 4.19. The summed E-state index contributed by atoms with van der Waals surface area (Å²) in [5.74, 6) is -0.0564. The van der Waals surface area contributed by atoms with Crippen molar-refractivity contribution in [1.29, 1.82) is 0 Å². The minimum atomic E-state index is -0.0488. The van der Waals surface area contributed by atoms with E-state index in [1.807, 2.05) is 12.1 Å². The number of carbonyl (C=O) groups is 1. The third-order valence-electron chi connectivity index (χ3n) is 3.03. The van der Waals surface area contributed by atoms with E-state index >= 15 is 0 Å². The first-order valence-corrected chi connectivity index (χ1v) is 5.99. The Labute approximate surface area is 106 Å². The van der Waals surface area contributed by atoms with Crippen LogP contribution < -0.4 is 16.6 Å². The van der Waals surface area contributed by atoms with Gasteiger partial charge in [-0.2, -0.15) is 0 Å². The predicted molar refractivity (Wildman–Crippen MR) is 70.0 cm³/mol. The molecule has 0 bridgehead atoms. The van der Waals surface area contributed by atoms with Crippen LogP contribution in [-0.2, 0) is 17.6 Å². The maximum Gasteiger partial charge on any atom is 0.241 e. The van der Waals surface area contributed by atoms with Crippen LogP contribution in [0.15, 0.2) is 24.3 Å². The van der Waals surface area contributed by atoms with Gasteiger partial charge in [-0.3, -0.25) is 15.6 Å². The molecule has 90 valence electrons. The first-order chi connectivity index (χ1) is 8.16. The van der Waals surface area contributed by atoms with Crippen LogP contribution in [0.3, 0.4) is 0 Å². The fourth-order valence-corrected chi connectivity index (χ4v) is 2.20. The molecule has 0 saturated heterocycles. The van der Waals surface area contributed by atoms with Gasteiger partial charge in [0.25, 0.3) is 0 Å². The summed E-state index contributed by atoms with van der Waals surface area (Å²) >= 11 is 4.63. The number of aryl methyl sites for hydroxylation is 1. The second-order valence-corrected chi connectivity index (χ2v) is 4.63. The molecule has 2 rings (SSSR count). The Bertz CT molecular complexity index is 447. The van der Waals surface area contributed by atoms with E-state index in [1.54, 1.807) is 0 Å². The Morgan fingerprint density at radius 2 is 2.00 bits per heavy atom. The van der Waals surface area contributed by atoms with Crippen molar-refractivity contribution in [1.82, 2.24) is 10.9 Å². The molecule has 4 N–H and O–H groups in total. The topological polar surface area (TPSA) is 67.2 Å². The molecule has 17 heavy (non-hydrogen) atoms. The minimum absolute atomic E-state index is 0.00764. The summed E-state index contributed by atoms with van der Waals surface area (Å²) in [4.78, 5) is 11.8. The van der Waals surface area contributed by atoms with Crippen LogP contribution in [0.2, 0.25) is 0 Å². The van der Waals surface area contributed by atoms with Gasteiger partial charge in [-0.05, 0) is 42.6 Å². The van der Waals surface area contributed by atoms with Gasteiger partial charge in [-0.15, -0.1) is 0 Å². The lowest BCUT2D eigenvalue weighted by Gasteiger charge is -2.23. The number of fused-ring (bicyclic) bond motifs is 1. The van der Waals surface area contributed by atoms with Crippen molar-refractivity contribution in [2.45, 2.75) is 19.3 Å². The fraction of sp³-hybridized carbons (Fsp3) is 0.333. The van der Waals surface area contributed by atoms with E-state index in [4.69, 9.17) is 5.73 Å². The molecule has 4 nitrogen and oxygen atoms in total. The average molecular weight is 249 g/mol. The molecule has 1 aliphatic carbocycles. The number of nitrogens with two attached hydrogens (primary N) is 1. The van der Waals surface area contributed by atoms with Gasteiger partial charge >= 0.3 is 0 Å². The normalized spacial score (nSPS) is 18.0. The van der Waals surface area contributed by atoms with Gasteiger partial charge < -0.3 is 5.73 Å². The molecular weight excluding hydrogens is 234 g/mol. The number of nitrogens with one attached hydrogen (secondary N) is 2. The predicted octanol–water partition coefficient (Wildman–Crippen LogP) is 0.656. The van der Waals surface area contributed by atoms with Crippen LogP contribution in [0, 0.1) is 5.92 Å². The van der Waals surface area contributed by atoms with Crippen LogP contribution in [0.25, 0.3) is 0 Å². The number of hydrogen-bond acceptors (Lipinski definition) is 2. The Morgan fingerprint density at radius 3 is 2.71 bits per heavy atom. The molecule has 1 aromatic rings. The van der Waals surface area contributed by atoms with Gasteiger partial charge in [0.1, 0.15) is 0 Å². The zero-order valence-corrected chi connectivity index (χ0v) is 10.2. The standard InChI is InChI=1S/C12H15N3OS/c13-12(17)15-14-11(16)10-6-5-8-3-1-2-4-9(8)7-10/h1-4,10H,5-7H2,(H,14,16)(H3,13,15,17). The Kier molecular flexibility index (Phi) is 3.58. The Hall–Kier alpha value is -1.62. The number of rotatable bonds is 1. The van der Waals surface area contributed by atoms with Crippen LogP contribution >= 0.6 is 12.2 Å². The first-order valence-electron chi connectivity index (χ1n) is 5.59. The summed E-state index contributed by atoms with van der Waals surface area (Å²) in [6, 6.07) is 8.24. The highest BCUT2D eigenvalue weighted by atomic mass is 32.1. The maximum absolute atomic E-state index is 11.8. The quantitative estimate of drug-likeness (QED) is 0.505. The van der Waals surface area contributed by atoms with Gasteiger partial charge in [0, 0.05) is 5.92 Å². The molecule has 1 aromatic carbocycles. The molecule has 0 spiro atoms. The van der Waals surface area contributed by atoms with Crippen molar-refractivity contribution in [2.24, 2.45) is 11.7 Å². The molecular formula is C12H15N3OS. The SMILES string of the molecule is NC(=S)NNC(=O)C1CCc2ccccc2C1. The number of hydrazine groups is 1. The van der Waals surface area contributed by atoms with E-state index in [0.717, 1.165) is 19.3 Å².